The summed E-state index contributed by atoms with van der Waals surface area (Å²) in [5.74, 6) is -0.213. The van der Waals surface area contributed by atoms with Gasteiger partial charge in [0.1, 0.15) is 5.82 Å². The number of hydrogen-bond donors (Lipinski definition) is 1. The van der Waals surface area contributed by atoms with Crippen LogP contribution in [-0.2, 0) is 6.54 Å². The van der Waals surface area contributed by atoms with E-state index in [4.69, 9.17) is 0 Å². The van der Waals surface area contributed by atoms with Crippen LogP contribution in [0.15, 0.2) is 34.3 Å². The molecule has 82 valence electrons. The molecular weight excluding hydrogens is 257 g/mol. The fourth-order valence-electron chi connectivity index (χ4n) is 1.15. The van der Waals surface area contributed by atoms with Crippen LogP contribution in [0.1, 0.15) is 19.4 Å². The van der Waals surface area contributed by atoms with Gasteiger partial charge in [0.05, 0.1) is 0 Å². The monoisotopic (exact) mass is 271 g/mol. The van der Waals surface area contributed by atoms with E-state index >= 15 is 0 Å². The third kappa shape index (κ3) is 4.58. The molecule has 0 aliphatic carbocycles. The molecule has 0 bridgehead atoms. The third-order valence-electron chi connectivity index (χ3n) is 1.99. The smallest absolute Gasteiger partial charge is 0.124 e. The van der Waals surface area contributed by atoms with Crippen molar-refractivity contribution in [1.82, 2.24) is 5.32 Å². The molecule has 0 radical (unpaired) electrons. The van der Waals surface area contributed by atoms with Crippen LogP contribution in [0.25, 0.3) is 0 Å². The Morgan fingerprint density at radius 1 is 1.47 bits per heavy atom. The molecule has 1 nitrogen and oxygen atoms in total. The van der Waals surface area contributed by atoms with E-state index in [-0.39, 0.29) is 5.82 Å². The lowest BCUT2D eigenvalue weighted by Gasteiger charge is -2.05. The van der Waals surface area contributed by atoms with Crippen molar-refractivity contribution in [1.29, 1.82) is 0 Å². The first-order valence-electron chi connectivity index (χ1n) is 4.87. The number of hydrogen-bond acceptors (Lipinski definition) is 1. The highest BCUT2D eigenvalue weighted by atomic mass is 79.9. The van der Waals surface area contributed by atoms with Crippen LogP contribution in [0.5, 0.6) is 0 Å². The molecule has 0 amide bonds. The van der Waals surface area contributed by atoms with Gasteiger partial charge in [-0.2, -0.15) is 0 Å². The Labute approximate surface area is 98.5 Å². The van der Waals surface area contributed by atoms with Gasteiger partial charge in [0.15, 0.2) is 0 Å². The Bertz CT molecular complexity index is 357. The van der Waals surface area contributed by atoms with E-state index in [1.807, 2.05) is 0 Å². The van der Waals surface area contributed by atoms with Crippen LogP contribution < -0.4 is 5.32 Å². The first-order valence-corrected chi connectivity index (χ1v) is 5.67. The molecule has 0 saturated carbocycles. The Balaban J connectivity index is 2.47. The summed E-state index contributed by atoms with van der Waals surface area (Å²) in [6.45, 7) is 5.71. The maximum absolute atomic E-state index is 12.8. The number of benzene rings is 1. The average molecular weight is 272 g/mol. The molecule has 15 heavy (non-hydrogen) atoms. The van der Waals surface area contributed by atoms with Crippen LogP contribution in [0.3, 0.4) is 0 Å². The van der Waals surface area contributed by atoms with Crippen molar-refractivity contribution in [3.8, 4) is 0 Å². The zero-order valence-corrected chi connectivity index (χ0v) is 10.6. The van der Waals surface area contributed by atoms with E-state index in [2.05, 4.69) is 41.2 Å². The summed E-state index contributed by atoms with van der Waals surface area (Å²) < 4.78 is 13.6. The lowest BCUT2D eigenvalue weighted by atomic mass is 10.2. The second kappa shape index (κ2) is 6.03. The van der Waals surface area contributed by atoms with Crippen molar-refractivity contribution >= 4 is 15.9 Å². The lowest BCUT2D eigenvalue weighted by molar-refractivity contribution is 0.625. The molecular formula is C12H15BrFN. The second-order valence-electron chi connectivity index (χ2n) is 3.65. The van der Waals surface area contributed by atoms with Crippen LogP contribution >= 0.6 is 15.9 Å². The summed E-state index contributed by atoms with van der Waals surface area (Å²) >= 11 is 3.33. The van der Waals surface area contributed by atoms with Gasteiger partial charge in [-0.05, 0) is 31.5 Å². The topological polar surface area (TPSA) is 12.0 Å². The first kappa shape index (κ1) is 12.4. The van der Waals surface area contributed by atoms with Gasteiger partial charge in [-0.3, -0.25) is 0 Å². The van der Waals surface area contributed by atoms with E-state index in [9.17, 15) is 4.39 Å². The minimum absolute atomic E-state index is 0.213. The molecule has 0 fully saturated rings. The number of nitrogens with one attached hydrogen (secondary N) is 1. The molecule has 0 aromatic heterocycles. The molecule has 0 saturated heterocycles. The summed E-state index contributed by atoms with van der Waals surface area (Å²) in [5.41, 5.74) is 2.36. The number of rotatable bonds is 4. The van der Waals surface area contributed by atoms with Crippen LogP contribution in [-0.4, -0.2) is 6.54 Å². The summed E-state index contributed by atoms with van der Waals surface area (Å²) in [5, 5.41) is 3.26. The van der Waals surface area contributed by atoms with Crippen LogP contribution in [0, 0.1) is 5.82 Å². The molecule has 1 aromatic carbocycles. The molecule has 1 aromatic rings. The Hall–Kier alpha value is -0.670. The van der Waals surface area contributed by atoms with E-state index in [1.165, 1.54) is 17.7 Å². The quantitative estimate of drug-likeness (QED) is 0.651. The van der Waals surface area contributed by atoms with Crippen molar-refractivity contribution < 1.29 is 4.39 Å². The zero-order valence-electron chi connectivity index (χ0n) is 8.98. The molecule has 3 heteroatoms. The minimum atomic E-state index is -0.213. The van der Waals surface area contributed by atoms with Gasteiger partial charge in [-0.25, -0.2) is 4.39 Å². The molecule has 0 heterocycles. The van der Waals surface area contributed by atoms with Crippen molar-refractivity contribution in [2.24, 2.45) is 0 Å². The van der Waals surface area contributed by atoms with Crippen molar-refractivity contribution in [3.05, 3.63) is 45.7 Å². The predicted octanol–water partition coefficient (Wildman–Crippen LogP) is 3.64. The zero-order chi connectivity index (χ0) is 11.3. The fourth-order valence-corrected chi connectivity index (χ4v) is 1.64. The Morgan fingerprint density at radius 3 is 2.80 bits per heavy atom. The summed E-state index contributed by atoms with van der Waals surface area (Å²) in [6, 6.07) is 4.75. The average Bonchev–Trinajstić information content (AvgIpc) is 2.14. The van der Waals surface area contributed by atoms with Crippen LogP contribution in [0.2, 0.25) is 0 Å². The van der Waals surface area contributed by atoms with E-state index in [0.29, 0.717) is 0 Å². The standard InChI is InChI=1S/C12H15BrFN/c1-9(2)5-6-15-8-10-3-4-11(14)7-12(10)13/h3-5,7,15H,6,8H2,1-2H3. The number of allylic oxidation sites excluding steroid dienone is 1. The van der Waals surface area contributed by atoms with Gasteiger partial charge < -0.3 is 5.32 Å². The second-order valence-corrected chi connectivity index (χ2v) is 4.50. The molecule has 0 unspecified atom stereocenters. The lowest BCUT2D eigenvalue weighted by Crippen LogP contribution is -2.13. The third-order valence-corrected chi connectivity index (χ3v) is 2.72. The first-order chi connectivity index (χ1) is 7.09. The molecule has 0 spiro atoms. The van der Waals surface area contributed by atoms with Gasteiger partial charge in [0.2, 0.25) is 0 Å². The fraction of sp³-hybridized carbons (Fsp3) is 0.333. The molecule has 1 N–H and O–H groups in total. The van der Waals surface area contributed by atoms with Crippen molar-refractivity contribution in [2.75, 3.05) is 6.54 Å². The molecule has 1 rings (SSSR count). The van der Waals surface area contributed by atoms with E-state index < -0.39 is 0 Å². The largest absolute Gasteiger partial charge is 0.309 e. The summed E-state index contributed by atoms with van der Waals surface area (Å²) in [7, 11) is 0. The maximum atomic E-state index is 12.8. The van der Waals surface area contributed by atoms with E-state index in [0.717, 1.165) is 23.1 Å². The molecule has 0 aliphatic rings. The highest BCUT2D eigenvalue weighted by Crippen LogP contribution is 2.17. The van der Waals surface area contributed by atoms with Gasteiger partial charge in [0, 0.05) is 17.6 Å². The van der Waals surface area contributed by atoms with Crippen LogP contribution in [0.4, 0.5) is 4.39 Å². The van der Waals surface area contributed by atoms with E-state index in [1.54, 1.807) is 6.07 Å². The predicted molar refractivity (Wildman–Crippen MR) is 65.2 cm³/mol. The maximum Gasteiger partial charge on any atom is 0.124 e. The van der Waals surface area contributed by atoms with Gasteiger partial charge >= 0.3 is 0 Å². The minimum Gasteiger partial charge on any atom is -0.309 e. The summed E-state index contributed by atoms with van der Waals surface area (Å²) in [4.78, 5) is 0. The summed E-state index contributed by atoms with van der Waals surface area (Å²) in [6.07, 6.45) is 2.12. The molecule has 0 aliphatic heterocycles. The van der Waals surface area contributed by atoms with Gasteiger partial charge in [0.25, 0.3) is 0 Å². The van der Waals surface area contributed by atoms with Gasteiger partial charge in [-0.1, -0.05) is 33.6 Å². The highest BCUT2D eigenvalue weighted by Gasteiger charge is 1.99. The SMILES string of the molecule is CC(C)=CCNCc1ccc(F)cc1Br. The Kier molecular flexibility index (Phi) is 4.99. The van der Waals surface area contributed by atoms with Gasteiger partial charge in [-0.15, -0.1) is 0 Å². The van der Waals surface area contributed by atoms with Crippen molar-refractivity contribution in [3.63, 3.8) is 0 Å². The Morgan fingerprint density at radius 2 is 2.20 bits per heavy atom. The van der Waals surface area contributed by atoms with Crippen molar-refractivity contribution in [2.45, 2.75) is 20.4 Å². The molecule has 0 atom stereocenters. The highest BCUT2D eigenvalue weighted by molar-refractivity contribution is 9.10. The normalized spacial score (nSPS) is 10.1. The number of halogens is 2.